The number of benzene rings is 2. The van der Waals surface area contributed by atoms with Crippen LogP contribution in [0.15, 0.2) is 54.6 Å². The minimum Gasteiger partial charge on any atom is -0.0841 e. The fraction of sp³-hybridized carbons (Fsp3) is 0.263. The Morgan fingerprint density at radius 3 is 1.89 bits per heavy atom. The van der Waals surface area contributed by atoms with E-state index in [1.807, 2.05) is 0 Å². The summed E-state index contributed by atoms with van der Waals surface area (Å²) in [5.41, 5.74) is 6.63. The molecule has 2 aromatic rings. The first-order chi connectivity index (χ1) is 9.24. The summed E-state index contributed by atoms with van der Waals surface area (Å²) < 4.78 is 0. The van der Waals surface area contributed by atoms with Crippen LogP contribution in [0, 0.1) is 0 Å². The molecule has 0 spiro atoms. The summed E-state index contributed by atoms with van der Waals surface area (Å²) in [6.45, 7) is 6.44. The lowest BCUT2D eigenvalue weighted by Crippen LogP contribution is -1.84. The van der Waals surface area contributed by atoms with Gasteiger partial charge in [-0.3, -0.25) is 0 Å². The van der Waals surface area contributed by atoms with Crippen LogP contribution in [0.5, 0.6) is 0 Å². The molecule has 0 fully saturated rings. The van der Waals surface area contributed by atoms with Crippen molar-refractivity contribution in [2.75, 3.05) is 0 Å². The van der Waals surface area contributed by atoms with Gasteiger partial charge in [0.1, 0.15) is 0 Å². The summed E-state index contributed by atoms with van der Waals surface area (Å²) in [4.78, 5) is 0. The van der Waals surface area contributed by atoms with Gasteiger partial charge in [-0.15, -0.1) is 0 Å². The maximum Gasteiger partial charge on any atom is -0.0184 e. The van der Waals surface area contributed by atoms with Crippen LogP contribution in [0.25, 0.3) is 16.7 Å². The summed E-state index contributed by atoms with van der Waals surface area (Å²) in [5.74, 6) is 0. The highest BCUT2D eigenvalue weighted by Crippen LogP contribution is 2.23. The Hall–Kier alpha value is -1.82. The lowest BCUT2D eigenvalue weighted by molar-refractivity contribution is 0.922. The first kappa shape index (κ1) is 13.6. The molecule has 0 aliphatic rings. The van der Waals surface area contributed by atoms with E-state index < -0.39 is 0 Å². The van der Waals surface area contributed by atoms with Gasteiger partial charge in [0.25, 0.3) is 0 Å². The van der Waals surface area contributed by atoms with E-state index in [4.69, 9.17) is 0 Å². The maximum absolute atomic E-state index is 2.24. The lowest BCUT2D eigenvalue weighted by atomic mass is 9.99. The zero-order valence-corrected chi connectivity index (χ0v) is 12.1. The summed E-state index contributed by atoms with van der Waals surface area (Å²) in [7, 11) is 0. The van der Waals surface area contributed by atoms with Crippen molar-refractivity contribution in [3.8, 4) is 11.1 Å². The third-order valence-electron chi connectivity index (χ3n) is 3.60. The Bertz CT molecular complexity index is 542. The second kappa shape index (κ2) is 6.38. The Labute approximate surface area is 116 Å². The van der Waals surface area contributed by atoms with E-state index in [1.54, 1.807) is 0 Å². The average molecular weight is 250 g/mol. The summed E-state index contributed by atoms with van der Waals surface area (Å²) >= 11 is 0. The minimum atomic E-state index is 1.17. The van der Waals surface area contributed by atoms with Crippen LogP contribution < -0.4 is 0 Å². The third-order valence-corrected chi connectivity index (χ3v) is 3.60. The minimum absolute atomic E-state index is 1.17. The second-order valence-electron chi connectivity index (χ2n) is 5.00. The van der Waals surface area contributed by atoms with Gasteiger partial charge in [-0.25, -0.2) is 0 Å². The van der Waals surface area contributed by atoms with Crippen molar-refractivity contribution >= 4 is 5.57 Å². The third kappa shape index (κ3) is 3.35. The zero-order valence-electron chi connectivity index (χ0n) is 12.1. The Kier molecular flexibility index (Phi) is 4.57. The molecule has 0 unspecified atom stereocenters. The van der Waals surface area contributed by atoms with Gasteiger partial charge in [0, 0.05) is 0 Å². The number of aryl methyl sites for hydroxylation is 1. The van der Waals surface area contributed by atoms with Gasteiger partial charge in [-0.1, -0.05) is 68.0 Å². The molecule has 0 heterocycles. The molecule has 0 aliphatic carbocycles. The molecule has 0 radical (unpaired) electrons. The lowest BCUT2D eigenvalue weighted by Gasteiger charge is -2.06. The highest BCUT2D eigenvalue weighted by molar-refractivity contribution is 5.69. The van der Waals surface area contributed by atoms with Gasteiger partial charge in [-0.05, 0) is 48.1 Å². The van der Waals surface area contributed by atoms with Crippen molar-refractivity contribution in [3.63, 3.8) is 0 Å². The monoisotopic (exact) mass is 250 g/mol. The molecule has 0 aromatic heterocycles. The van der Waals surface area contributed by atoms with Crippen LogP contribution in [0.1, 0.15) is 38.3 Å². The van der Waals surface area contributed by atoms with Gasteiger partial charge in [0.15, 0.2) is 0 Å². The Morgan fingerprint density at radius 2 is 1.42 bits per heavy atom. The molecule has 0 N–H and O–H groups in total. The molecule has 0 saturated heterocycles. The van der Waals surface area contributed by atoms with Crippen LogP contribution in [0.3, 0.4) is 0 Å². The first-order valence-corrected chi connectivity index (χ1v) is 7.07. The normalized spacial score (nSPS) is 11.6. The SMILES string of the molecule is CC=C(C)c1ccc(-c2ccc(CCC)cc2)cc1. The van der Waals surface area contributed by atoms with Crippen molar-refractivity contribution in [3.05, 3.63) is 65.7 Å². The molecule has 0 saturated carbocycles. The Morgan fingerprint density at radius 1 is 0.895 bits per heavy atom. The van der Waals surface area contributed by atoms with E-state index in [0.29, 0.717) is 0 Å². The molecule has 0 nitrogen and oxygen atoms in total. The fourth-order valence-electron chi connectivity index (χ4n) is 2.24. The van der Waals surface area contributed by atoms with Gasteiger partial charge >= 0.3 is 0 Å². The van der Waals surface area contributed by atoms with Crippen molar-refractivity contribution in [1.29, 1.82) is 0 Å². The number of hydrogen-bond acceptors (Lipinski definition) is 0. The van der Waals surface area contributed by atoms with Crippen molar-refractivity contribution in [2.45, 2.75) is 33.6 Å². The smallest absolute Gasteiger partial charge is 0.0184 e. The average Bonchev–Trinajstić information content (AvgIpc) is 2.48. The van der Waals surface area contributed by atoms with Crippen molar-refractivity contribution in [2.24, 2.45) is 0 Å². The maximum atomic E-state index is 2.24. The van der Waals surface area contributed by atoms with E-state index >= 15 is 0 Å². The summed E-state index contributed by atoms with van der Waals surface area (Å²) in [5, 5.41) is 0. The molecule has 0 bridgehead atoms. The summed E-state index contributed by atoms with van der Waals surface area (Å²) in [6, 6.07) is 17.7. The van der Waals surface area contributed by atoms with E-state index in [1.165, 1.54) is 40.7 Å². The first-order valence-electron chi connectivity index (χ1n) is 7.07. The van der Waals surface area contributed by atoms with E-state index in [2.05, 4.69) is 75.4 Å². The molecular weight excluding hydrogens is 228 g/mol. The van der Waals surface area contributed by atoms with Crippen LogP contribution in [0.2, 0.25) is 0 Å². The van der Waals surface area contributed by atoms with Gasteiger partial charge in [-0.2, -0.15) is 0 Å². The zero-order chi connectivity index (χ0) is 13.7. The predicted molar refractivity (Wildman–Crippen MR) is 85.2 cm³/mol. The van der Waals surface area contributed by atoms with Crippen LogP contribution in [0.4, 0.5) is 0 Å². The largest absolute Gasteiger partial charge is 0.0841 e. The second-order valence-corrected chi connectivity index (χ2v) is 5.00. The van der Waals surface area contributed by atoms with E-state index in [9.17, 15) is 0 Å². The molecule has 98 valence electrons. The van der Waals surface area contributed by atoms with Gasteiger partial charge < -0.3 is 0 Å². The number of allylic oxidation sites excluding steroid dienone is 2. The predicted octanol–water partition coefficient (Wildman–Crippen LogP) is 5.73. The van der Waals surface area contributed by atoms with Crippen LogP contribution in [-0.2, 0) is 6.42 Å². The standard InChI is InChI=1S/C19H22/c1-4-6-16-7-9-18(10-8-16)19-13-11-17(12-14-19)15(3)5-2/h5,7-14H,4,6H2,1-3H3. The van der Waals surface area contributed by atoms with Crippen LogP contribution in [-0.4, -0.2) is 0 Å². The summed E-state index contributed by atoms with van der Waals surface area (Å²) in [6.07, 6.45) is 4.52. The quantitative estimate of drug-likeness (QED) is 0.650. The van der Waals surface area contributed by atoms with Gasteiger partial charge in [0.05, 0.1) is 0 Å². The van der Waals surface area contributed by atoms with E-state index in [-0.39, 0.29) is 0 Å². The highest BCUT2D eigenvalue weighted by atomic mass is 14.0. The van der Waals surface area contributed by atoms with Gasteiger partial charge in [0.2, 0.25) is 0 Å². The molecule has 0 atom stereocenters. The van der Waals surface area contributed by atoms with E-state index in [0.717, 1.165) is 0 Å². The molecule has 19 heavy (non-hydrogen) atoms. The molecule has 2 rings (SSSR count). The fourth-order valence-corrected chi connectivity index (χ4v) is 2.24. The number of hydrogen-bond donors (Lipinski definition) is 0. The van der Waals surface area contributed by atoms with Crippen LogP contribution >= 0.6 is 0 Å². The molecule has 0 aliphatic heterocycles. The molecular formula is C19H22. The molecule has 0 amide bonds. The van der Waals surface area contributed by atoms with Crippen molar-refractivity contribution in [1.82, 2.24) is 0 Å². The highest BCUT2D eigenvalue weighted by Gasteiger charge is 1.99. The molecule has 2 aromatic carbocycles. The topological polar surface area (TPSA) is 0 Å². The number of rotatable bonds is 4. The molecule has 0 heteroatoms. The van der Waals surface area contributed by atoms with Crippen molar-refractivity contribution < 1.29 is 0 Å². The Balaban J connectivity index is 2.22.